The molecule has 70 valence electrons. The fourth-order valence-corrected chi connectivity index (χ4v) is 1.25. The van der Waals surface area contributed by atoms with Gasteiger partial charge in [-0.05, 0) is 40.5 Å². The molecule has 0 heterocycles. The van der Waals surface area contributed by atoms with Crippen LogP contribution in [0.4, 0.5) is 4.39 Å². The number of phenolic OH excluding ortho intramolecular Hbond substituents is 1. The third-order valence-corrected chi connectivity index (χ3v) is 2.31. The van der Waals surface area contributed by atoms with Crippen molar-refractivity contribution in [2.24, 2.45) is 0 Å². The normalized spacial score (nSPS) is 10.1. The molecule has 0 unspecified atom stereocenters. The van der Waals surface area contributed by atoms with Gasteiger partial charge in [-0.1, -0.05) is 0 Å². The minimum Gasteiger partial charge on any atom is -0.507 e. The van der Waals surface area contributed by atoms with Crippen molar-refractivity contribution >= 4 is 21.7 Å². The monoisotopic (exact) mass is 246 g/mol. The van der Waals surface area contributed by atoms with Crippen molar-refractivity contribution in [1.82, 2.24) is 0 Å². The van der Waals surface area contributed by atoms with Gasteiger partial charge in [0.25, 0.3) is 0 Å². The zero-order valence-corrected chi connectivity index (χ0v) is 8.56. The maximum atomic E-state index is 13.0. The Bertz CT molecular complexity index is 326. The van der Waals surface area contributed by atoms with E-state index in [2.05, 4.69) is 15.9 Å². The lowest BCUT2D eigenvalue weighted by Crippen LogP contribution is -1.97. The van der Waals surface area contributed by atoms with E-state index in [0.29, 0.717) is 5.56 Å². The van der Waals surface area contributed by atoms with Crippen molar-refractivity contribution < 1.29 is 14.3 Å². The third kappa shape index (κ3) is 2.52. The quantitative estimate of drug-likeness (QED) is 0.871. The first kappa shape index (κ1) is 10.2. The number of aromatic hydroxyl groups is 1. The smallest absolute Gasteiger partial charge is 0.141 e. The van der Waals surface area contributed by atoms with Gasteiger partial charge in [0.1, 0.15) is 17.3 Å². The average Bonchev–Trinajstić information content (AvgIpc) is 1.98. The molecule has 1 rings (SSSR count). The predicted octanol–water partition coefficient (Wildman–Crippen LogP) is 2.43. The van der Waals surface area contributed by atoms with E-state index >= 15 is 0 Å². The Labute approximate surface area is 83.5 Å². The first-order valence-corrected chi connectivity index (χ1v) is 4.46. The second kappa shape index (κ2) is 3.87. The highest BCUT2D eigenvalue weighted by atomic mass is 79.9. The lowest BCUT2D eigenvalue weighted by atomic mass is 10.1. The molecule has 0 saturated heterocycles. The highest BCUT2D eigenvalue weighted by Gasteiger charge is 2.08. The van der Waals surface area contributed by atoms with Crippen molar-refractivity contribution in [2.45, 2.75) is 13.3 Å². The fraction of sp³-hybridized carbons (Fsp3) is 0.222. The standard InChI is InChI=1S/C9H8BrFO2/c1-5(12)2-6-3-7(11)9(10)8(13)4-6/h3-4,13H,2H2,1H3. The van der Waals surface area contributed by atoms with Crippen LogP contribution in [-0.4, -0.2) is 10.9 Å². The van der Waals surface area contributed by atoms with Gasteiger partial charge < -0.3 is 5.11 Å². The summed E-state index contributed by atoms with van der Waals surface area (Å²) in [4.78, 5) is 10.7. The molecule has 0 atom stereocenters. The maximum Gasteiger partial charge on any atom is 0.141 e. The van der Waals surface area contributed by atoms with Gasteiger partial charge in [-0.15, -0.1) is 0 Å². The first-order valence-electron chi connectivity index (χ1n) is 3.67. The molecular weight excluding hydrogens is 239 g/mol. The molecule has 0 amide bonds. The van der Waals surface area contributed by atoms with E-state index in [4.69, 9.17) is 0 Å². The molecule has 2 nitrogen and oxygen atoms in total. The topological polar surface area (TPSA) is 37.3 Å². The number of rotatable bonds is 2. The largest absolute Gasteiger partial charge is 0.507 e. The van der Waals surface area contributed by atoms with Crippen molar-refractivity contribution in [3.8, 4) is 5.75 Å². The van der Waals surface area contributed by atoms with Gasteiger partial charge in [0, 0.05) is 6.42 Å². The number of ketones is 1. The summed E-state index contributed by atoms with van der Waals surface area (Å²) in [6.45, 7) is 1.41. The molecule has 13 heavy (non-hydrogen) atoms. The Morgan fingerprint density at radius 1 is 1.62 bits per heavy atom. The molecule has 1 aromatic rings. The highest BCUT2D eigenvalue weighted by Crippen LogP contribution is 2.28. The van der Waals surface area contributed by atoms with Crippen LogP contribution in [0.2, 0.25) is 0 Å². The molecule has 4 heteroatoms. The molecule has 0 bridgehead atoms. The number of benzene rings is 1. The number of phenols is 1. The number of hydrogen-bond acceptors (Lipinski definition) is 2. The summed E-state index contributed by atoms with van der Waals surface area (Å²) in [5.74, 6) is -0.811. The third-order valence-electron chi connectivity index (χ3n) is 1.52. The van der Waals surface area contributed by atoms with E-state index < -0.39 is 5.82 Å². The van der Waals surface area contributed by atoms with Crippen LogP contribution in [0.15, 0.2) is 16.6 Å². The molecule has 0 aliphatic carbocycles. The molecule has 1 aromatic carbocycles. The molecule has 0 aliphatic rings. The van der Waals surface area contributed by atoms with Crippen LogP contribution >= 0.6 is 15.9 Å². The number of halogens is 2. The Morgan fingerprint density at radius 2 is 2.23 bits per heavy atom. The zero-order valence-electron chi connectivity index (χ0n) is 6.97. The minimum absolute atomic E-state index is 0.0276. The predicted molar refractivity (Wildman–Crippen MR) is 50.1 cm³/mol. The van der Waals surface area contributed by atoms with Gasteiger partial charge >= 0.3 is 0 Å². The van der Waals surface area contributed by atoms with E-state index in [1.807, 2.05) is 0 Å². The van der Waals surface area contributed by atoms with Crippen LogP contribution in [0.1, 0.15) is 12.5 Å². The SMILES string of the molecule is CC(=O)Cc1cc(O)c(Br)c(F)c1. The molecule has 0 aromatic heterocycles. The molecule has 0 saturated carbocycles. The van der Waals surface area contributed by atoms with Crippen LogP contribution in [0.5, 0.6) is 5.75 Å². The average molecular weight is 247 g/mol. The summed E-state index contributed by atoms with van der Waals surface area (Å²) >= 11 is 2.87. The number of carbonyl (C=O) groups excluding carboxylic acids is 1. The van der Waals surface area contributed by atoms with Crippen LogP contribution in [0, 0.1) is 5.82 Å². The molecule has 0 fully saturated rings. The summed E-state index contributed by atoms with van der Waals surface area (Å²) in [6, 6.07) is 2.60. The molecule has 0 radical (unpaired) electrons. The molecule has 0 spiro atoms. The van der Waals surface area contributed by atoms with Crippen LogP contribution in [0.3, 0.4) is 0 Å². The lowest BCUT2D eigenvalue weighted by Gasteiger charge is -2.02. The van der Waals surface area contributed by atoms with Crippen molar-refractivity contribution in [3.05, 3.63) is 28.0 Å². The van der Waals surface area contributed by atoms with Crippen LogP contribution in [-0.2, 0) is 11.2 Å². The summed E-state index contributed by atoms with van der Waals surface area (Å²) in [5, 5.41) is 9.20. The summed E-state index contributed by atoms with van der Waals surface area (Å²) < 4.78 is 13.0. The summed E-state index contributed by atoms with van der Waals surface area (Å²) in [6.07, 6.45) is 0.137. The molecule has 1 N–H and O–H groups in total. The minimum atomic E-state index is -0.559. The summed E-state index contributed by atoms with van der Waals surface area (Å²) in [7, 11) is 0. The summed E-state index contributed by atoms with van der Waals surface area (Å²) in [5.41, 5.74) is 0.478. The highest BCUT2D eigenvalue weighted by molar-refractivity contribution is 9.10. The van der Waals surface area contributed by atoms with E-state index in [9.17, 15) is 14.3 Å². The van der Waals surface area contributed by atoms with E-state index in [0.717, 1.165) is 0 Å². The van der Waals surface area contributed by atoms with Crippen LogP contribution in [0.25, 0.3) is 0 Å². The Morgan fingerprint density at radius 3 is 2.69 bits per heavy atom. The molecular formula is C9H8BrFO2. The van der Waals surface area contributed by atoms with E-state index in [1.165, 1.54) is 19.1 Å². The van der Waals surface area contributed by atoms with Crippen molar-refractivity contribution in [3.63, 3.8) is 0 Å². The first-order chi connectivity index (χ1) is 6.00. The lowest BCUT2D eigenvalue weighted by molar-refractivity contribution is -0.116. The van der Waals surface area contributed by atoms with Gasteiger partial charge in [0.2, 0.25) is 0 Å². The van der Waals surface area contributed by atoms with Crippen LogP contribution < -0.4 is 0 Å². The molecule has 0 aliphatic heterocycles. The van der Waals surface area contributed by atoms with Gasteiger partial charge in [0.05, 0.1) is 4.47 Å². The number of hydrogen-bond donors (Lipinski definition) is 1. The Hall–Kier alpha value is -0.900. The second-order valence-electron chi connectivity index (χ2n) is 2.79. The Balaban J connectivity index is 3.06. The number of carbonyl (C=O) groups is 1. The Kier molecular flexibility index (Phi) is 3.03. The van der Waals surface area contributed by atoms with E-state index in [1.54, 1.807) is 0 Å². The van der Waals surface area contributed by atoms with Gasteiger partial charge in [0.15, 0.2) is 0 Å². The van der Waals surface area contributed by atoms with Gasteiger partial charge in [-0.25, -0.2) is 4.39 Å². The zero-order chi connectivity index (χ0) is 10.0. The van der Waals surface area contributed by atoms with Gasteiger partial charge in [-0.2, -0.15) is 0 Å². The van der Waals surface area contributed by atoms with Crippen molar-refractivity contribution in [1.29, 1.82) is 0 Å². The second-order valence-corrected chi connectivity index (χ2v) is 3.58. The van der Waals surface area contributed by atoms with E-state index in [-0.39, 0.29) is 22.4 Å². The van der Waals surface area contributed by atoms with Crippen molar-refractivity contribution in [2.75, 3.05) is 0 Å². The number of Topliss-reactive ketones (excluding diaryl/α,β-unsaturated/α-hetero) is 1. The van der Waals surface area contributed by atoms with Gasteiger partial charge in [-0.3, -0.25) is 4.79 Å². The maximum absolute atomic E-state index is 13.0. The fourth-order valence-electron chi connectivity index (χ4n) is 1.02.